The van der Waals surface area contributed by atoms with Crippen molar-refractivity contribution in [3.05, 3.63) is 57.2 Å². The fourth-order valence-corrected chi connectivity index (χ4v) is 1.57. The molecule has 0 spiro atoms. The molecule has 0 amide bonds. The highest BCUT2D eigenvalue weighted by atomic mass is 16.5. The van der Waals surface area contributed by atoms with Gasteiger partial charge in [0, 0.05) is 12.6 Å². The van der Waals surface area contributed by atoms with Crippen molar-refractivity contribution in [2.24, 2.45) is 0 Å². The maximum atomic E-state index is 11.0. The van der Waals surface area contributed by atoms with Gasteiger partial charge in [-0.3, -0.25) is 14.8 Å². The number of para-hydroxylation sites is 1. The van der Waals surface area contributed by atoms with Crippen LogP contribution >= 0.6 is 0 Å². The maximum absolute atomic E-state index is 11.0. The standard InChI is InChI=1S/C13H15N3O3/c17-12-9-11(15-13(18)16-12)14-7-4-8-19-10-5-2-1-3-6-10/h1-3,5-6,9H,4,7-8H2,(H3,14,15,16,17,18). The van der Waals surface area contributed by atoms with Crippen LogP contribution in [0.25, 0.3) is 0 Å². The smallest absolute Gasteiger partial charge is 0.327 e. The van der Waals surface area contributed by atoms with Gasteiger partial charge >= 0.3 is 5.69 Å². The zero-order valence-corrected chi connectivity index (χ0v) is 10.3. The summed E-state index contributed by atoms with van der Waals surface area (Å²) in [5.41, 5.74) is -0.942. The van der Waals surface area contributed by atoms with E-state index in [1.807, 2.05) is 30.3 Å². The molecule has 100 valence electrons. The van der Waals surface area contributed by atoms with Gasteiger partial charge in [0.25, 0.3) is 5.56 Å². The fourth-order valence-electron chi connectivity index (χ4n) is 1.57. The number of hydrogen-bond acceptors (Lipinski definition) is 4. The molecule has 2 aromatic rings. The second-order valence-corrected chi connectivity index (χ2v) is 3.94. The van der Waals surface area contributed by atoms with Gasteiger partial charge in [0.15, 0.2) is 0 Å². The Morgan fingerprint density at radius 2 is 1.89 bits per heavy atom. The summed E-state index contributed by atoms with van der Waals surface area (Å²) in [7, 11) is 0. The third-order valence-electron chi connectivity index (χ3n) is 2.41. The molecule has 0 aliphatic rings. The van der Waals surface area contributed by atoms with Crippen molar-refractivity contribution < 1.29 is 4.74 Å². The van der Waals surface area contributed by atoms with Crippen LogP contribution in [0.4, 0.5) is 5.82 Å². The van der Waals surface area contributed by atoms with Gasteiger partial charge in [-0.2, -0.15) is 0 Å². The number of nitrogens with one attached hydrogen (secondary N) is 3. The Hall–Kier alpha value is -2.50. The van der Waals surface area contributed by atoms with E-state index in [1.54, 1.807) is 0 Å². The Balaban J connectivity index is 1.72. The second-order valence-electron chi connectivity index (χ2n) is 3.94. The Kier molecular flexibility index (Phi) is 4.39. The van der Waals surface area contributed by atoms with E-state index in [-0.39, 0.29) is 0 Å². The van der Waals surface area contributed by atoms with E-state index in [2.05, 4.69) is 15.3 Å². The predicted molar refractivity (Wildman–Crippen MR) is 72.7 cm³/mol. The molecule has 19 heavy (non-hydrogen) atoms. The summed E-state index contributed by atoms with van der Waals surface area (Å²) in [6.07, 6.45) is 0.754. The van der Waals surface area contributed by atoms with E-state index in [0.29, 0.717) is 19.0 Å². The molecule has 0 fully saturated rings. The van der Waals surface area contributed by atoms with Gasteiger partial charge in [0.1, 0.15) is 11.6 Å². The second kappa shape index (κ2) is 6.44. The molecule has 0 saturated carbocycles. The molecule has 0 aliphatic heterocycles. The minimum atomic E-state index is -0.518. The zero-order valence-electron chi connectivity index (χ0n) is 10.3. The highest BCUT2D eigenvalue weighted by molar-refractivity contribution is 5.31. The number of aromatic nitrogens is 2. The molecule has 0 radical (unpaired) electrons. The zero-order chi connectivity index (χ0) is 13.5. The lowest BCUT2D eigenvalue weighted by Crippen LogP contribution is -2.23. The lowest BCUT2D eigenvalue weighted by Gasteiger charge is -2.07. The first kappa shape index (κ1) is 12.9. The summed E-state index contributed by atoms with van der Waals surface area (Å²) < 4.78 is 5.51. The van der Waals surface area contributed by atoms with Gasteiger partial charge < -0.3 is 10.1 Å². The molecule has 0 unspecified atom stereocenters. The van der Waals surface area contributed by atoms with Crippen LogP contribution in [0.2, 0.25) is 0 Å². The molecule has 0 aliphatic carbocycles. The van der Waals surface area contributed by atoms with E-state index in [4.69, 9.17) is 4.74 Å². The molecule has 1 aromatic carbocycles. The molecular weight excluding hydrogens is 246 g/mol. The first-order valence-corrected chi connectivity index (χ1v) is 5.99. The van der Waals surface area contributed by atoms with Crippen LogP contribution in [-0.4, -0.2) is 23.1 Å². The Morgan fingerprint density at radius 3 is 2.63 bits per heavy atom. The summed E-state index contributed by atoms with van der Waals surface area (Å²) in [5.74, 6) is 1.24. The average molecular weight is 261 g/mol. The third-order valence-corrected chi connectivity index (χ3v) is 2.41. The van der Waals surface area contributed by atoms with Gasteiger partial charge in [-0.1, -0.05) is 18.2 Å². The van der Waals surface area contributed by atoms with E-state index in [9.17, 15) is 9.59 Å². The number of anilines is 1. The van der Waals surface area contributed by atoms with Gasteiger partial charge in [-0.15, -0.1) is 0 Å². The Labute approximate surface area is 109 Å². The summed E-state index contributed by atoms with van der Waals surface area (Å²) in [6.45, 7) is 1.16. The van der Waals surface area contributed by atoms with Gasteiger partial charge in [-0.05, 0) is 18.6 Å². The van der Waals surface area contributed by atoms with Crippen molar-refractivity contribution >= 4 is 5.82 Å². The summed E-state index contributed by atoms with van der Waals surface area (Å²) in [5, 5.41) is 2.96. The molecular formula is C13H15N3O3. The lowest BCUT2D eigenvalue weighted by molar-refractivity contribution is 0.315. The van der Waals surface area contributed by atoms with Crippen molar-refractivity contribution in [2.75, 3.05) is 18.5 Å². The van der Waals surface area contributed by atoms with Crippen molar-refractivity contribution in [2.45, 2.75) is 6.42 Å². The van der Waals surface area contributed by atoms with Crippen LogP contribution in [0.1, 0.15) is 6.42 Å². The molecule has 2 rings (SSSR count). The lowest BCUT2D eigenvalue weighted by atomic mass is 10.3. The minimum Gasteiger partial charge on any atom is -0.494 e. The first-order chi connectivity index (χ1) is 9.24. The molecule has 6 nitrogen and oxygen atoms in total. The topological polar surface area (TPSA) is 87.0 Å². The predicted octanol–water partition coefficient (Wildman–Crippen LogP) is 0.944. The van der Waals surface area contributed by atoms with Crippen LogP contribution in [0.5, 0.6) is 5.75 Å². The van der Waals surface area contributed by atoms with Crippen molar-refractivity contribution in [3.63, 3.8) is 0 Å². The monoisotopic (exact) mass is 261 g/mol. The van der Waals surface area contributed by atoms with Crippen molar-refractivity contribution in [1.29, 1.82) is 0 Å². The van der Waals surface area contributed by atoms with Gasteiger partial charge in [-0.25, -0.2) is 4.79 Å². The van der Waals surface area contributed by atoms with Crippen LogP contribution in [-0.2, 0) is 0 Å². The van der Waals surface area contributed by atoms with Crippen molar-refractivity contribution in [3.8, 4) is 5.75 Å². The third kappa shape index (κ3) is 4.34. The normalized spacial score (nSPS) is 10.1. The maximum Gasteiger partial charge on any atom is 0.327 e. The first-order valence-electron chi connectivity index (χ1n) is 5.99. The largest absolute Gasteiger partial charge is 0.494 e. The van der Waals surface area contributed by atoms with Gasteiger partial charge in [0.2, 0.25) is 0 Å². The average Bonchev–Trinajstić information content (AvgIpc) is 2.38. The molecule has 0 saturated heterocycles. The summed E-state index contributed by atoms with van der Waals surface area (Å²) in [4.78, 5) is 26.6. The number of hydrogen-bond donors (Lipinski definition) is 3. The minimum absolute atomic E-state index is 0.411. The SMILES string of the molecule is O=c1cc(NCCCOc2ccccc2)[nH]c(=O)[nH]1. The number of benzene rings is 1. The Bertz CT molecular complexity index is 591. The number of rotatable bonds is 6. The van der Waals surface area contributed by atoms with E-state index in [1.165, 1.54) is 6.07 Å². The highest BCUT2D eigenvalue weighted by Crippen LogP contribution is 2.08. The van der Waals surface area contributed by atoms with Crippen LogP contribution in [0.3, 0.4) is 0 Å². The van der Waals surface area contributed by atoms with Crippen LogP contribution < -0.4 is 21.3 Å². The van der Waals surface area contributed by atoms with Crippen molar-refractivity contribution in [1.82, 2.24) is 9.97 Å². The van der Waals surface area contributed by atoms with Crippen LogP contribution in [0.15, 0.2) is 46.0 Å². The van der Waals surface area contributed by atoms with E-state index < -0.39 is 11.2 Å². The number of ether oxygens (including phenoxy) is 1. The molecule has 1 aromatic heterocycles. The Morgan fingerprint density at radius 1 is 1.11 bits per heavy atom. The summed E-state index contributed by atoms with van der Waals surface area (Å²) >= 11 is 0. The molecule has 0 bridgehead atoms. The molecule has 6 heteroatoms. The molecule has 1 heterocycles. The quantitative estimate of drug-likeness (QED) is 0.675. The van der Waals surface area contributed by atoms with E-state index >= 15 is 0 Å². The van der Waals surface area contributed by atoms with E-state index in [0.717, 1.165) is 12.2 Å². The van der Waals surface area contributed by atoms with Gasteiger partial charge in [0.05, 0.1) is 6.61 Å². The molecule has 0 atom stereocenters. The molecule has 3 N–H and O–H groups in total. The van der Waals surface area contributed by atoms with Crippen LogP contribution in [0, 0.1) is 0 Å². The number of aromatic amines is 2. The number of H-pyrrole nitrogens is 2. The summed E-state index contributed by atoms with van der Waals surface area (Å²) in [6, 6.07) is 10.8. The fraction of sp³-hybridized carbons (Fsp3) is 0.231. The highest BCUT2D eigenvalue weighted by Gasteiger charge is 1.96.